The van der Waals surface area contributed by atoms with E-state index in [0.29, 0.717) is 6.61 Å². The van der Waals surface area contributed by atoms with Gasteiger partial charge in [0.15, 0.2) is 8.32 Å². The van der Waals surface area contributed by atoms with Crippen LogP contribution in [0.1, 0.15) is 6.92 Å². The molecule has 0 aliphatic heterocycles. The summed E-state index contributed by atoms with van der Waals surface area (Å²) in [6.07, 6.45) is 0. The van der Waals surface area contributed by atoms with Crippen LogP contribution in [0.3, 0.4) is 0 Å². The second-order valence-corrected chi connectivity index (χ2v) is 9.30. The molecule has 0 fully saturated rings. The molecule has 0 rings (SSSR count). The van der Waals surface area contributed by atoms with E-state index < -0.39 is 16.0 Å². The van der Waals surface area contributed by atoms with Gasteiger partial charge >= 0.3 is 0 Å². The molecule has 0 heterocycles. The highest BCUT2D eigenvalue weighted by Crippen LogP contribution is 2.46. The van der Waals surface area contributed by atoms with Crippen LogP contribution in [-0.2, 0) is 8.74 Å². The van der Waals surface area contributed by atoms with Gasteiger partial charge < -0.3 is 8.74 Å². The number of halogens is 1. The Bertz CT molecular complexity index is 96.1. The Morgan fingerprint density at radius 3 is 2.20 bits per heavy atom. The largest absolute Gasteiger partial charge is 0.364 e. The van der Waals surface area contributed by atoms with Crippen molar-refractivity contribution >= 4 is 27.3 Å². The molecular weight excluding hydrogens is 187 g/mol. The number of rotatable bonds is 4. The second-order valence-electron chi connectivity index (χ2n) is 2.83. The number of hydrogen-bond donors (Lipinski definition) is 0. The van der Waals surface area contributed by atoms with Crippen molar-refractivity contribution in [2.75, 3.05) is 6.61 Å². The monoisotopic (exact) mass is 200 g/mol. The molecule has 0 saturated carbocycles. The lowest BCUT2D eigenvalue weighted by molar-refractivity contribution is 0.345. The summed E-state index contributed by atoms with van der Waals surface area (Å²) < 4.78 is 10.5. The predicted molar refractivity (Wildman–Crippen MR) is 48.8 cm³/mol. The molecular formula is C5H14ClO2PSi. The number of hydrogen-bond acceptors (Lipinski definition) is 2. The van der Waals surface area contributed by atoms with Gasteiger partial charge in [0.1, 0.15) is 0 Å². The van der Waals surface area contributed by atoms with Crippen LogP contribution in [0.2, 0.25) is 19.6 Å². The zero-order chi connectivity index (χ0) is 8.20. The van der Waals surface area contributed by atoms with Crippen LogP contribution >= 0.6 is 19.0 Å². The van der Waals surface area contributed by atoms with Gasteiger partial charge in [0.25, 0.3) is 7.73 Å². The van der Waals surface area contributed by atoms with E-state index in [-0.39, 0.29) is 0 Å². The van der Waals surface area contributed by atoms with Crippen molar-refractivity contribution in [3.8, 4) is 0 Å². The van der Waals surface area contributed by atoms with Crippen LogP contribution in [0.25, 0.3) is 0 Å². The second kappa shape index (κ2) is 4.68. The normalized spacial score (nSPS) is 15.3. The van der Waals surface area contributed by atoms with Crippen molar-refractivity contribution in [1.29, 1.82) is 0 Å². The molecule has 0 spiro atoms. The Morgan fingerprint density at radius 1 is 1.40 bits per heavy atom. The lowest BCUT2D eigenvalue weighted by atomic mass is 10.9. The maximum atomic E-state index is 5.72. The highest BCUT2D eigenvalue weighted by molar-refractivity contribution is 7.77. The zero-order valence-corrected chi connectivity index (χ0v) is 9.50. The first kappa shape index (κ1) is 10.9. The highest BCUT2D eigenvalue weighted by atomic mass is 35.7. The van der Waals surface area contributed by atoms with E-state index in [4.69, 9.17) is 20.0 Å². The third-order valence-electron chi connectivity index (χ3n) is 0.576. The van der Waals surface area contributed by atoms with Crippen molar-refractivity contribution in [2.24, 2.45) is 0 Å². The minimum absolute atomic E-state index is 0.625. The summed E-state index contributed by atoms with van der Waals surface area (Å²) in [5.41, 5.74) is 0. The summed E-state index contributed by atoms with van der Waals surface area (Å²) in [5.74, 6) is 0. The topological polar surface area (TPSA) is 18.5 Å². The first-order chi connectivity index (χ1) is 4.45. The van der Waals surface area contributed by atoms with E-state index in [1.165, 1.54) is 0 Å². The summed E-state index contributed by atoms with van der Waals surface area (Å²) in [6.45, 7) is 8.79. The van der Waals surface area contributed by atoms with Gasteiger partial charge in [0, 0.05) is 0 Å². The third-order valence-corrected chi connectivity index (χ3v) is 4.72. The van der Waals surface area contributed by atoms with Crippen molar-refractivity contribution in [1.82, 2.24) is 0 Å². The average Bonchev–Trinajstić information content (AvgIpc) is 1.59. The van der Waals surface area contributed by atoms with Crippen LogP contribution in [0.4, 0.5) is 0 Å². The Morgan fingerprint density at radius 2 is 1.90 bits per heavy atom. The van der Waals surface area contributed by atoms with Crippen LogP contribution in [0.5, 0.6) is 0 Å². The molecule has 0 radical (unpaired) electrons. The average molecular weight is 201 g/mol. The van der Waals surface area contributed by atoms with Gasteiger partial charge in [-0.1, -0.05) is 0 Å². The summed E-state index contributed by atoms with van der Waals surface area (Å²) in [7, 11) is -2.62. The first-order valence-corrected chi connectivity index (χ1v) is 8.72. The summed E-state index contributed by atoms with van der Waals surface area (Å²) in [6, 6.07) is 0. The zero-order valence-electron chi connectivity index (χ0n) is 6.85. The molecule has 10 heavy (non-hydrogen) atoms. The van der Waals surface area contributed by atoms with Crippen molar-refractivity contribution in [3.63, 3.8) is 0 Å². The molecule has 1 atom stereocenters. The Kier molecular flexibility index (Phi) is 5.08. The minimum Gasteiger partial charge on any atom is -0.364 e. The molecule has 0 amide bonds. The Balaban J connectivity index is 3.47. The summed E-state index contributed by atoms with van der Waals surface area (Å²) in [4.78, 5) is 0. The fourth-order valence-electron chi connectivity index (χ4n) is 0.343. The van der Waals surface area contributed by atoms with Crippen molar-refractivity contribution in [3.05, 3.63) is 0 Å². The molecule has 2 nitrogen and oxygen atoms in total. The molecule has 0 saturated heterocycles. The van der Waals surface area contributed by atoms with Crippen molar-refractivity contribution < 1.29 is 8.74 Å². The standard InChI is InChI=1S/C5H14ClO2PSi/c1-5-7-9(6)8-10(2,3)4/h5H2,1-4H3. The lowest BCUT2D eigenvalue weighted by Gasteiger charge is -2.19. The van der Waals surface area contributed by atoms with Gasteiger partial charge in [-0.3, -0.25) is 0 Å². The van der Waals surface area contributed by atoms with Gasteiger partial charge in [-0.2, -0.15) is 0 Å². The predicted octanol–water partition coefficient (Wildman–Crippen LogP) is 3.34. The highest BCUT2D eigenvalue weighted by Gasteiger charge is 2.20. The Labute approximate surface area is 69.7 Å². The fourth-order valence-corrected chi connectivity index (χ4v) is 4.64. The quantitative estimate of drug-likeness (QED) is 0.512. The van der Waals surface area contributed by atoms with Crippen LogP contribution < -0.4 is 0 Å². The van der Waals surface area contributed by atoms with Gasteiger partial charge in [0.05, 0.1) is 6.61 Å². The van der Waals surface area contributed by atoms with E-state index in [1.807, 2.05) is 6.92 Å². The van der Waals surface area contributed by atoms with E-state index in [1.54, 1.807) is 0 Å². The molecule has 0 aliphatic rings. The first-order valence-electron chi connectivity index (χ1n) is 3.23. The molecule has 5 heteroatoms. The van der Waals surface area contributed by atoms with Gasteiger partial charge in [-0.05, 0) is 37.8 Å². The van der Waals surface area contributed by atoms with E-state index in [9.17, 15) is 0 Å². The lowest BCUT2D eigenvalue weighted by Crippen LogP contribution is -2.21. The SMILES string of the molecule is CCOP(Cl)O[Si](C)(C)C. The van der Waals surface area contributed by atoms with Gasteiger partial charge in [-0.25, -0.2) is 0 Å². The Hall–Kier alpha value is 0.857. The van der Waals surface area contributed by atoms with E-state index in [0.717, 1.165) is 0 Å². The third kappa shape index (κ3) is 6.97. The maximum absolute atomic E-state index is 5.72. The maximum Gasteiger partial charge on any atom is 0.266 e. The smallest absolute Gasteiger partial charge is 0.266 e. The molecule has 0 aromatic heterocycles. The molecule has 0 bridgehead atoms. The fraction of sp³-hybridized carbons (Fsp3) is 1.00. The summed E-state index contributed by atoms with van der Waals surface area (Å²) in [5, 5.41) is 0. The molecule has 1 unspecified atom stereocenters. The molecule has 0 aromatic carbocycles. The van der Waals surface area contributed by atoms with Crippen LogP contribution in [-0.4, -0.2) is 14.9 Å². The molecule has 0 aromatic rings. The summed E-state index contributed by atoms with van der Waals surface area (Å²) >= 11 is 5.72. The van der Waals surface area contributed by atoms with Crippen LogP contribution in [0.15, 0.2) is 0 Å². The van der Waals surface area contributed by atoms with Crippen LogP contribution in [0, 0.1) is 0 Å². The van der Waals surface area contributed by atoms with Crippen molar-refractivity contribution in [2.45, 2.75) is 26.6 Å². The minimum atomic E-state index is -1.49. The van der Waals surface area contributed by atoms with E-state index in [2.05, 4.69) is 19.6 Å². The van der Waals surface area contributed by atoms with Gasteiger partial charge in [0.2, 0.25) is 0 Å². The molecule has 62 valence electrons. The van der Waals surface area contributed by atoms with Gasteiger partial charge in [-0.15, -0.1) is 0 Å². The molecule has 0 aliphatic carbocycles. The van der Waals surface area contributed by atoms with E-state index >= 15 is 0 Å². The molecule has 0 N–H and O–H groups in total.